The number of halogens is 3. The summed E-state index contributed by atoms with van der Waals surface area (Å²) in [5, 5.41) is 0.156. The molecule has 20 heavy (non-hydrogen) atoms. The van der Waals surface area contributed by atoms with E-state index in [4.69, 9.17) is 11.6 Å². The van der Waals surface area contributed by atoms with Crippen LogP contribution in [0.2, 0.25) is 0 Å². The Labute approximate surface area is 122 Å². The Kier molecular flexibility index (Phi) is 4.99. The van der Waals surface area contributed by atoms with Crippen molar-refractivity contribution in [1.29, 1.82) is 0 Å². The zero-order valence-electron chi connectivity index (χ0n) is 10.8. The molecule has 0 atom stereocenters. The highest BCUT2D eigenvalue weighted by molar-refractivity contribution is 7.89. The number of hydrogen-bond acceptors (Lipinski definition) is 2. The quantitative estimate of drug-likeness (QED) is 0.866. The highest BCUT2D eigenvalue weighted by atomic mass is 35.5. The smallest absolute Gasteiger partial charge is 0.211 e. The summed E-state index contributed by atoms with van der Waals surface area (Å²) in [5.74, 6) is -1.55. The van der Waals surface area contributed by atoms with Crippen LogP contribution in [-0.4, -0.2) is 20.3 Å². The molecule has 1 saturated carbocycles. The van der Waals surface area contributed by atoms with Crippen molar-refractivity contribution in [3.8, 4) is 0 Å². The molecule has 1 aliphatic carbocycles. The third-order valence-corrected chi connectivity index (χ3v) is 5.40. The fourth-order valence-electron chi connectivity index (χ4n) is 2.31. The zero-order valence-corrected chi connectivity index (χ0v) is 12.4. The van der Waals surface area contributed by atoms with Crippen molar-refractivity contribution in [1.82, 2.24) is 4.72 Å². The third-order valence-electron chi connectivity index (χ3n) is 3.52. The van der Waals surface area contributed by atoms with Gasteiger partial charge in [-0.05, 0) is 49.8 Å². The van der Waals surface area contributed by atoms with Gasteiger partial charge in [-0.3, -0.25) is 0 Å². The molecule has 0 saturated heterocycles. The molecule has 0 aromatic heterocycles. The largest absolute Gasteiger partial charge is 0.243 e. The first-order valence-electron chi connectivity index (χ1n) is 6.47. The fourth-order valence-corrected chi connectivity index (χ4v) is 3.77. The topological polar surface area (TPSA) is 46.2 Å². The second-order valence-electron chi connectivity index (χ2n) is 5.04. The molecule has 0 spiro atoms. The molecule has 0 bridgehead atoms. The number of hydrogen-bond donors (Lipinski definition) is 1. The van der Waals surface area contributed by atoms with Crippen LogP contribution in [0.4, 0.5) is 8.78 Å². The van der Waals surface area contributed by atoms with Crippen LogP contribution in [0.15, 0.2) is 23.1 Å². The highest BCUT2D eigenvalue weighted by Crippen LogP contribution is 2.27. The van der Waals surface area contributed by atoms with Crippen molar-refractivity contribution in [2.24, 2.45) is 5.92 Å². The molecule has 112 valence electrons. The first-order valence-corrected chi connectivity index (χ1v) is 8.39. The van der Waals surface area contributed by atoms with E-state index in [2.05, 4.69) is 4.72 Å². The van der Waals surface area contributed by atoms with Gasteiger partial charge in [0.05, 0.1) is 0 Å². The lowest BCUT2D eigenvalue weighted by Gasteiger charge is -2.25. The molecule has 3 nitrogen and oxygen atoms in total. The van der Waals surface area contributed by atoms with Gasteiger partial charge in [0.2, 0.25) is 10.0 Å². The fraction of sp³-hybridized carbons (Fsp3) is 0.538. The van der Waals surface area contributed by atoms with Gasteiger partial charge >= 0.3 is 0 Å². The molecule has 0 radical (unpaired) electrons. The standard InChI is InChI=1S/C13H16ClF2NO2S/c14-10-3-1-9(2-4-10)8-17-20(18,19)13-7-11(15)5-6-12(13)16/h5-7,9-10,17H,1-4,8H2. The van der Waals surface area contributed by atoms with Gasteiger partial charge in [0.25, 0.3) is 0 Å². The molecule has 1 aliphatic rings. The van der Waals surface area contributed by atoms with Gasteiger partial charge in [-0.2, -0.15) is 0 Å². The molecule has 1 aromatic rings. The van der Waals surface area contributed by atoms with Crippen LogP contribution in [0.25, 0.3) is 0 Å². The number of nitrogens with one attached hydrogen (secondary N) is 1. The zero-order chi connectivity index (χ0) is 14.8. The maximum absolute atomic E-state index is 13.5. The maximum Gasteiger partial charge on any atom is 0.243 e. The van der Waals surface area contributed by atoms with Crippen molar-refractivity contribution in [2.45, 2.75) is 36.0 Å². The van der Waals surface area contributed by atoms with Crippen LogP contribution in [0.3, 0.4) is 0 Å². The van der Waals surface area contributed by atoms with E-state index in [1.165, 1.54) is 0 Å². The predicted octanol–water partition coefficient (Wildman–Crippen LogP) is 3.04. The first-order chi connectivity index (χ1) is 9.38. The van der Waals surface area contributed by atoms with Crippen LogP contribution in [0.1, 0.15) is 25.7 Å². The van der Waals surface area contributed by atoms with E-state index < -0.39 is 26.6 Å². The van der Waals surface area contributed by atoms with Crippen LogP contribution < -0.4 is 4.72 Å². The average Bonchev–Trinajstić information content (AvgIpc) is 2.41. The van der Waals surface area contributed by atoms with E-state index in [1.807, 2.05) is 0 Å². The van der Waals surface area contributed by atoms with Gasteiger partial charge in [0, 0.05) is 11.9 Å². The lowest BCUT2D eigenvalue weighted by molar-refractivity contribution is 0.361. The van der Waals surface area contributed by atoms with Crippen molar-refractivity contribution >= 4 is 21.6 Å². The summed E-state index contributed by atoms with van der Waals surface area (Å²) in [6.07, 6.45) is 3.37. The summed E-state index contributed by atoms with van der Waals surface area (Å²) >= 11 is 5.98. The molecular weight excluding hydrogens is 308 g/mol. The summed E-state index contributed by atoms with van der Waals surface area (Å²) < 4.78 is 52.8. The number of sulfonamides is 1. The monoisotopic (exact) mass is 323 g/mol. The van der Waals surface area contributed by atoms with E-state index >= 15 is 0 Å². The van der Waals surface area contributed by atoms with Crippen molar-refractivity contribution in [3.63, 3.8) is 0 Å². The molecule has 0 heterocycles. The predicted molar refractivity (Wildman–Crippen MR) is 73.1 cm³/mol. The Bertz CT molecular complexity index is 572. The van der Waals surface area contributed by atoms with Crippen molar-refractivity contribution in [3.05, 3.63) is 29.8 Å². The summed E-state index contributed by atoms with van der Waals surface area (Å²) in [4.78, 5) is -0.650. The van der Waals surface area contributed by atoms with Gasteiger partial charge in [-0.25, -0.2) is 21.9 Å². The Morgan fingerprint density at radius 1 is 1.20 bits per heavy atom. The van der Waals surface area contributed by atoms with Gasteiger partial charge in [-0.15, -0.1) is 11.6 Å². The molecule has 1 aromatic carbocycles. The molecule has 0 amide bonds. The minimum Gasteiger partial charge on any atom is -0.211 e. The lowest BCUT2D eigenvalue weighted by atomic mass is 9.89. The molecule has 1 N–H and O–H groups in total. The SMILES string of the molecule is O=S(=O)(NCC1CCC(Cl)CC1)c1cc(F)ccc1F. The van der Waals surface area contributed by atoms with Gasteiger partial charge in [-0.1, -0.05) is 0 Å². The average molecular weight is 324 g/mol. The molecule has 7 heteroatoms. The molecule has 0 unspecified atom stereocenters. The first kappa shape index (κ1) is 15.7. The lowest BCUT2D eigenvalue weighted by Crippen LogP contribution is -2.32. The number of benzene rings is 1. The molecule has 1 fully saturated rings. The third kappa shape index (κ3) is 3.90. The molecule has 2 rings (SSSR count). The van der Waals surface area contributed by atoms with Crippen LogP contribution >= 0.6 is 11.6 Å². The van der Waals surface area contributed by atoms with E-state index in [0.29, 0.717) is 6.07 Å². The Balaban J connectivity index is 2.02. The minimum absolute atomic E-state index is 0.156. The summed E-state index contributed by atoms with van der Waals surface area (Å²) in [7, 11) is -4.02. The summed E-state index contributed by atoms with van der Waals surface area (Å²) in [6, 6.07) is 2.38. The second-order valence-corrected chi connectivity index (χ2v) is 7.40. The highest BCUT2D eigenvalue weighted by Gasteiger charge is 2.24. The van der Waals surface area contributed by atoms with E-state index in [0.717, 1.165) is 37.8 Å². The molecular formula is C13H16ClF2NO2S. The Morgan fingerprint density at radius 3 is 2.50 bits per heavy atom. The van der Waals surface area contributed by atoms with Gasteiger partial charge in [0.1, 0.15) is 16.5 Å². The van der Waals surface area contributed by atoms with E-state index in [-0.39, 0.29) is 17.8 Å². The van der Waals surface area contributed by atoms with Crippen molar-refractivity contribution < 1.29 is 17.2 Å². The van der Waals surface area contributed by atoms with Crippen LogP contribution in [0.5, 0.6) is 0 Å². The number of alkyl halides is 1. The minimum atomic E-state index is -4.02. The summed E-state index contributed by atoms with van der Waals surface area (Å²) in [5.41, 5.74) is 0. The summed E-state index contributed by atoms with van der Waals surface area (Å²) in [6.45, 7) is 0.224. The number of rotatable bonds is 4. The van der Waals surface area contributed by atoms with Crippen molar-refractivity contribution in [2.75, 3.05) is 6.54 Å². The second kappa shape index (κ2) is 6.37. The Hall–Kier alpha value is -0.720. The molecule has 0 aliphatic heterocycles. The van der Waals surface area contributed by atoms with Crippen LogP contribution in [-0.2, 0) is 10.0 Å². The maximum atomic E-state index is 13.5. The Morgan fingerprint density at radius 2 is 1.85 bits per heavy atom. The normalized spacial score (nSPS) is 23.8. The van der Waals surface area contributed by atoms with E-state index in [9.17, 15) is 17.2 Å². The van der Waals surface area contributed by atoms with Gasteiger partial charge in [0.15, 0.2) is 0 Å². The van der Waals surface area contributed by atoms with Gasteiger partial charge < -0.3 is 0 Å². The van der Waals surface area contributed by atoms with E-state index in [1.54, 1.807) is 0 Å². The van der Waals surface area contributed by atoms with Crippen LogP contribution in [0, 0.1) is 17.6 Å².